The smallest absolute Gasteiger partial charge is 0.150 e. The molecular formula is C12H25NO2S. The Hall–Kier alpha value is -0.0900. The first kappa shape index (κ1) is 14.0. The lowest BCUT2D eigenvalue weighted by Gasteiger charge is -2.18. The van der Waals surface area contributed by atoms with Crippen molar-refractivity contribution in [1.29, 1.82) is 0 Å². The van der Waals surface area contributed by atoms with E-state index >= 15 is 0 Å². The molecule has 16 heavy (non-hydrogen) atoms. The van der Waals surface area contributed by atoms with Gasteiger partial charge in [0, 0.05) is 6.04 Å². The standard InChI is InChI=1S/C12H25NO2S/c1-10(2)9-16(14,15)8-7-11-5-4-6-12(11)13-3/h10-13H,4-9H2,1-3H3. The summed E-state index contributed by atoms with van der Waals surface area (Å²) in [5.74, 6) is 1.51. The molecule has 4 heteroatoms. The van der Waals surface area contributed by atoms with E-state index in [0.717, 1.165) is 6.42 Å². The van der Waals surface area contributed by atoms with Crippen LogP contribution >= 0.6 is 0 Å². The summed E-state index contributed by atoms with van der Waals surface area (Å²) in [5, 5.41) is 3.30. The first-order chi connectivity index (χ1) is 7.44. The Balaban J connectivity index is 2.39. The molecule has 96 valence electrons. The topological polar surface area (TPSA) is 46.2 Å². The van der Waals surface area contributed by atoms with Crippen LogP contribution in [0.1, 0.15) is 39.5 Å². The Labute approximate surface area is 99.9 Å². The molecule has 0 spiro atoms. The van der Waals surface area contributed by atoms with Crippen LogP contribution in [0.2, 0.25) is 0 Å². The molecule has 2 unspecified atom stereocenters. The molecule has 0 bridgehead atoms. The van der Waals surface area contributed by atoms with Crippen molar-refractivity contribution in [2.45, 2.75) is 45.6 Å². The molecule has 0 amide bonds. The maximum Gasteiger partial charge on any atom is 0.150 e. The normalized spacial score (nSPS) is 26.5. The summed E-state index contributed by atoms with van der Waals surface area (Å²) in [6.45, 7) is 3.92. The van der Waals surface area contributed by atoms with Crippen molar-refractivity contribution >= 4 is 9.84 Å². The molecule has 2 atom stereocenters. The first-order valence-electron chi connectivity index (χ1n) is 6.32. The summed E-state index contributed by atoms with van der Waals surface area (Å²) in [4.78, 5) is 0. The summed E-state index contributed by atoms with van der Waals surface area (Å²) in [7, 11) is -0.850. The van der Waals surface area contributed by atoms with Crippen LogP contribution < -0.4 is 5.32 Å². The maximum atomic E-state index is 11.8. The minimum absolute atomic E-state index is 0.244. The zero-order chi connectivity index (χ0) is 12.2. The molecule has 1 rings (SSSR count). The van der Waals surface area contributed by atoms with E-state index in [4.69, 9.17) is 0 Å². The van der Waals surface area contributed by atoms with Gasteiger partial charge < -0.3 is 5.32 Å². The Morgan fingerprint density at radius 1 is 1.31 bits per heavy atom. The van der Waals surface area contributed by atoms with Gasteiger partial charge in [-0.05, 0) is 38.1 Å². The number of hydrogen-bond donors (Lipinski definition) is 1. The quantitative estimate of drug-likeness (QED) is 0.779. The highest BCUT2D eigenvalue weighted by Crippen LogP contribution is 2.28. The summed E-state index contributed by atoms with van der Waals surface area (Å²) < 4.78 is 23.5. The molecule has 0 radical (unpaired) electrons. The van der Waals surface area contributed by atoms with Crippen LogP contribution in [0.4, 0.5) is 0 Å². The average Bonchev–Trinajstić information content (AvgIpc) is 2.59. The van der Waals surface area contributed by atoms with Crippen molar-refractivity contribution in [3.8, 4) is 0 Å². The summed E-state index contributed by atoms with van der Waals surface area (Å²) in [6.07, 6.45) is 4.45. The van der Waals surface area contributed by atoms with E-state index < -0.39 is 9.84 Å². The summed E-state index contributed by atoms with van der Waals surface area (Å²) in [5.41, 5.74) is 0. The van der Waals surface area contributed by atoms with Crippen molar-refractivity contribution in [3.63, 3.8) is 0 Å². The van der Waals surface area contributed by atoms with Gasteiger partial charge in [-0.15, -0.1) is 0 Å². The molecule has 1 saturated carbocycles. The number of hydrogen-bond acceptors (Lipinski definition) is 3. The van der Waals surface area contributed by atoms with Gasteiger partial charge in [-0.1, -0.05) is 20.3 Å². The van der Waals surface area contributed by atoms with Gasteiger partial charge in [0.1, 0.15) is 0 Å². The third-order valence-electron chi connectivity index (χ3n) is 3.42. The molecule has 0 aromatic rings. The largest absolute Gasteiger partial charge is 0.317 e. The fraction of sp³-hybridized carbons (Fsp3) is 1.00. The van der Waals surface area contributed by atoms with E-state index in [2.05, 4.69) is 5.32 Å². The zero-order valence-corrected chi connectivity index (χ0v) is 11.5. The Bertz CT molecular complexity index is 298. The fourth-order valence-electron chi connectivity index (χ4n) is 2.68. The van der Waals surface area contributed by atoms with Gasteiger partial charge in [0.2, 0.25) is 0 Å². The molecule has 0 aromatic carbocycles. The summed E-state index contributed by atoms with van der Waals surface area (Å²) in [6, 6.07) is 0.536. The molecular weight excluding hydrogens is 222 g/mol. The van der Waals surface area contributed by atoms with E-state index in [1.165, 1.54) is 19.3 Å². The molecule has 3 nitrogen and oxygen atoms in total. The second-order valence-electron chi connectivity index (χ2n) is 5.38. The molecule has 0 aliphatic heterocycles. The molecule has 1 aliphatic rings. The van der Waals surface area contributed by atoms with Crippen LogP contribution in [0.5, 0.6) is 0 Å². The monoisotopic (exact) mass is 247 g/mol. The summed E-state index contributed by atoms with van der Waals surface area (Å²) >= 11 is 0. The molecule has 0 heterocycles. The highest BCUT2D eigenvalue weighted by atomic mass is 32.2. The lowest BCUT2D eigenvalue weighted by atomic mass is 10.0. The van der Waals surface area contributed by atoms with Crippen molar-refractivity contribution in [3.05, 3.63) is 0 Å². The molecule has 1 fully saturated rings. The molecule has 0 aromatic heterocycles. The fourth-order valence-corrected chi connectivity index (χ4v) is 4.53. The number of sulfone groups is 1. The number of rotatable bonds is 6. The third-order valence-corrected chi connectivity index (χ3v) is 5.45. The van der Waals surface area contributed by atoms with Crippen LogP contribution in [-0.2, 0) is 9.84 Å². The first-order valence-corrected chi connectivity index (χ1v) is 8.14. The Morgan fingerprint density at radius 3 is 2.56 bits per heavy atom. The van der Waals surface area contributed by atoms with E-state index in [0.29, 0.717) is 23.5 Å². The minimum atomic E-state index is -2.83. The van der Waals surface area contributed by atoms with Crippen molar-refractivity contribution in [2.24, 2.45) is 11.8 Å². The predicted octanol–water partition coefficient (Wildman–Crippen LogP) is 1.84. The van der Waals surface area contributed by atoms with Gasteiger partial charge in [-0.25, -0.2) is 8.42 Å². The van der Waals surface area contributed by atoms with Crippen molar-refractivity contribution < 1.29 is 8.42 Å². The highest BCUT2D eigenvalue weighted by Gasteiger charge is 2.27. The molecule has 0 saturated heterocycles. The van der Waals surface area contributed by atoms with Gasteiger partial charge in [-0.2, -0.15) is 0 Å². The Morgan fingerprint density at radius 2 is 2.00 bits per heavy atom. The zero-order valence-electron chi connectivity index (χ0n) is 10.7. The van der Waals surface area contributed by atoms with Crippen molar-refractivity contribution in [1.82, 2.24) is 5.32 Å². The van der Waals surface area contributed by atoms with Crippen LogP contribution in [0.15, 0.2) is 0 Å². The SMILES string of the molecule is CNC1CCCC1CCS(=O)(=O)CC(C)C. The van der Waals surface area contributed by atoms with E-state index in [9.17, 15) is 8.42 Å². The minimum Gasteiger partial charge on any atom is -0.317 e. The maximum absolute atomic E-state index is 11.8. The lowest BCUT2D eigenvalue weighted by molar-refractivity contribution is 0.414. The van der Waals surface area contributed by atoms with E-state index in [1.807, 2.05) is 20.9 Å². The van der Waals surface area contributed by atoms with Gasteiger partial charge in [0.15, 0.2) is 9.84 Å². The van der Waals surface area contributed by atoms with Crippen LogP contribution in [0, 0.1) is 11.8 Å². The second kappa shape index (κ2) is 6.01. The van der Waals surface area contributed by atoms with Gasteiger partial charge in [0.05, 0.1) is 11.5 Å². The Kier molecular flexibility index (Phi) is 5.25. The predicted molar refractivity (Wildman–Crippen MR) is 68.3 cm³/mol. The van der Waals surface area contributed by atoms with Gasteiger partial charge >= 0.3 is 0 Å². The highest BCUT2D eigenvalue weighted by molar-refractivity contribution is 7.91. The third kappa shape index (κ3) is 4.42. The number of nitrogens with one attached hydrogen (secondary N) is 1. The van der Waals surface area contributed by atoms with E-state index in [-0.39, 0.29) is 5.92 Å². The van der Waals surface area contributed by atoms with Crippen LogP contribution in [0.25, 0.3) is 0 Å². The van der Waals surface area contributed by atoms with E-state index in [1.54, 1.807) is 0 Å². The average molecular weight is 247 g/mol. The molecule has 1 aliphatic carbocycles. The second-order valence-corrected chi connectivity index (χ2v) is 7.61. The van der Waals surface area contributed by atoms with Crippen LogP contribution in [0.3, 0.4) is 0 Å². The molecule has 1 N–H and O–H groups in total. The van der Waals surface area contributed by atoms with Gasteiger partial charge in [0.25, 0.3) is 0 Å². The lowest BCUT2D eigenvalue weighted by Crippen LogP contribution is -2.30. The van der Waals surface area contributed by atoms with Gasteiger partial charge in [-0.3, -0.25) is 0 Å². The van der Waals surface area contributed by atoms with Crippen LogP contribution in [-0.4, -0.2) is 33.0 Å². The van der Waals surface area contributed by atoms with Crippen molar-refractivity contribution in [2.75, 3.05) is 18.6 Å².